The predicted octanol–water partition coefficient (Wildman–Crippen LogP) is 4.21. The smallest absolute Gasteiger partial charge is 0.134 e. The fraction of sp³-hybridized carbons (Fsp3) is 0.500. The van der Waals surface area contributed by atoms with Gasteiger partial charge in [-0.05, 0) is 37.5 Å². The molecular weight excluding hydrogens is 255 g/mol. The molecule has 2 rings (SSSR count). The molecule has 0 saturated heterocycles. The molecule has 0 bridgehead atoms. The van der Waals surface area contributed by atoms with Crippen LogP contribution in [0.15, 0.2) is 22.6 Å². The summed E-state index contributed by atoms with van der Waals surface area (Å²) in [5.41, 5.74) is 4.50. The Kier molecular flexibility index (Phi) is 4.78. The Labute approximate surface area is 119 Å². The first-order chi connectivity index (χ1) is 9.52. The molecule has 20 heavy (non-hydrogen) atoms. The largest absolute Gasteiger partial charge is 0.459 e. The van der Waals surface area contributed by atoms with Gasteiger partial charge in [0.15, 0.2) is 0 Å². The quantitative estimate of drug-likeness (QED) is 0.614. The number of fused-ring (bicyclic) bond motifs is 1. The molecule has 2 aromatic rings. The summed E-state index contributed by atoms with van der Waals surface area (Å²) in [6, 6.07) is 4.57. The van der Waals surface area contributed by atoms with E-state index in [1.165, 1.54) is 12.1 Å². The van der Waals surface area contributed by atoms with Gasteiger partial charge >= 0.3 is 0 Å². The molecule has 0 aliphatic heterocycles. The number of rotatable bonds is 6. The Morgan fingerprint density at radius 3 is 2.70 bits per heavy atom. The highest BCUT2D eigenvalue weighted by atomic mass is 19.1. The number of nitrogens with two attached hydrogens (primary N) is 1. The number of nitrogens with one attached hydrogen (secondary N) is 1. The lowest BCUT2D eigenvalue weighted by Crippen LogP contribution is -2.28. The van der Waals surface area contributed by atoms with Crippen LogP contribution in [0.4, 0.5) is 4.39 Å². The van der Waals surface area contributed by atoms with Crippen molar-refractivity contribution in [1.82, 2.24) is 5.43 Å². The van der Waals surface area contributed by atoms with E-state index in [0.717, 1.165) is 36.0 Å². The number of furan rings is 1. The van der Waals surface area contributed by atoms with Gasteiger partial charge in [-0.15, -0.1) is 0 Å². The van der Waals surface area contributed by atoms with Crippen LogP contribution in [0.25, 0.3) is 11.0 Å². The van der Waals surface area contributed by atoms with Gasteiger partial charge in [0.05, 0.1) is 6.04 Å². The van der Waals surface area contributed by atoms with Crippen LogP contribution in [-0.2, 0) is 0 Å². The molecule has 0 aliphatic carbocycles. The van der Waals surface area contributed by atoms with E-state index in [1.54, 1.807) is 6.07 Å². The van der Waals surface area contributed by atoms with Crippen LogP contribution in [0.2, 0.25) is 0 Å². The summed E-state index contributed by atoms with van der Waals surface area (Å²) in [7, 11) is 0. The Hall–Kier alpha value is -1.39. The summed E-state index contributed by atoms with van der Waals surface area (Å²) < 4.78 is 19.2. The van der Waals surface area contributed by atoms with Gasteiger partial charge in [-0.1, -0.05) is 26.7 Å². The van der Waals surface area contributed by atoms with E-state index in [0.29, 0.717) is 11.5 Å². The van der Waals surface area contributed by atoms with Crippen LogP contribution in [0, 0.1) is 18.7 Å². The Bertz CT molecular complexity index is 577. The molecule has 0 fully saturated rings. The van der Waals surface area contributed by atoms with Gasteiger partial charge in [0.1, 0.15) is 17.2 Å². The van der Waals surface area contributed by atoms with Crippen molar-refractivity contribution >= 4 is 11.0 Å². The molecular formula is C16H23FN2O. The summed E-state index contributed by atoms with van der Waals surface area (Å²) in [6.45, 7) is 6.37. The fourth-order valence-corrected chi connectivity index (χ4v) is 2.56. The van der Waals surface area contributed by atoms with E-state index >= 15 is 0 Å². The zero-order valence-electron chi connectivity index (χ0n) is 12.4. The molecule has 4 heteroatoms. The van der Waals surface area contributed by atoms with Crippen molar-refractivity contribution in [2.45, 2.75) is 46.1 Å². The van der Waals surface area contributed by atoms with E-state index < -0.39 is 0 Å². The van der Waals surface area contributed by atoms with Crippen LogP contribution >= 0.6 is 0 Å². The van der Waals surface area contributed by atoms with Crippen LogP contribution in [0.5, 0.6) is 0 Å². The Morgan fingerprint density at radius 2 is 2.05 bits per heavy atom. The molecule has 3 N–H and O–H groups in total. The zero-order valence-corrected chi connectivity index (χ0v) is 12.4. The van der Waals surface area contributed by atoms with Gasteiger partial charge in [0, 0.05) is 10.9 Å². The minimum absolute atomic E-state index is 0.0239. The Morgan fingerprint density at radius 1 is 1.30 bits per heavy atom. The fourth-order valence-electron chi connectivity index (χ4n) is 2.56. The first kappa shape index (κ1) is 15.0. The topological polar surface area (TPSA) is 51.2 Å². The minimum atomic E-state index is -0.245. The van der Waals surface area contributed by atoms with Gasteiger partial charge in [0.25, 0.3) is 0 Å². The van der Waals surface area contributed by atoms with Crippen LogP contribution in [0.1, 0.15) is 50.5 Å². The summed E-state index contributed by atoms with van der Waals surface area (Å²) in [5.74, 6) is 6.91. The molecule has 0 amide bonds. The summed E-state index contributed by atoms with van der Waals surface area (Å²) in [6.07, 6.45) is 3.15. The highest BCUT2D eigenvalue weighted by Crippen LogP contribution is 2.32. The molecule has 110 valence electrons. The first-order valence-corrected chi connectivity index (χ1v) is 7.17. The van der Waals surface area contributed by atoms with E-state index in [-0.39, 0.29) is 11.9 Å². The number of hydrogen-bond donors (Lipinski definition) is 2. The van der Waals surface area contributed by atoms with Crippen molar-refractivity contribution in [3.05, 3.63) is 35.3 Å². The van der Waals surface area contributed by atoms with E-state index in [4.69, 9.17) is 10.3 Å². The monoisotopic (exact) mass is 278 g/mol. The zero-order chi connectivity index (χ0) is 14.7. The molecule has 1 unspecified atom stereocenters. The highest BCUT2D eigenvalue weighted by molar-refractivity contribution is 5.82. The molecule has 1 aromatic carbocycles. The summed E-state index contributed by atoms with van der Waals surface area (Å²) >= 11 is 0. The van der Waals surface area contributed by atoms with Crippen molar-refractivity contribution < 1.29 is 8.81 Å². The van der Waals surface area contributed by atoms with Gasteiger partial charge in [-0.3, -0.25) is 5.84 Å². The van der Waals surface area contributed by atoms with E-state index in [1.807, 2.05) is 6.92 Å². The summed E-state index contributed by atoms with van der Waals surface area (Å²) in [4.78, 5) is 0. The molecule has 3 nitrogen and oxygen atoms in total. The van der Waals surface area contributed by atoms with Gasteiger partial charge in [-0.25, -0.2) is 9.82 Å². The van der Waals surface area contributed by atoms with Crippen molar-refractivity contribution in [2.75, 3.05) is 0 Å². The van der Waals surface area contributed by atoms with Crippen molar-refractivity contribution in [3.63, 3.8) is 0 Å². The van der Waals surface area contributed by atoms with Crippen molar-refractivity contribution in [2.24, 2.45) is 11.8 Å². The number of benzene rings is 1. The lowest BCUT2D eigenvalue weighted by Gasteiger charge is -2.15. The maximum atomic E-state index is 13.3. The van der Waals surface area contributed by atoms with Crippen LogP contribution in [0.3, 0.4) is 0 Å². The number of hydrogen-bond acceptors (Lipinski definition) is 3. The maximum absolute atomic E-state index is 13.3. The number of halogens is 1. The predicted molar refractivity (Wildman–Crippen MR) is 79.7 cm³/mol. The summed E-state index contributed by atoms with van der Waals surface area (Å²) in [5, 5.41) is 0.823. The second-order valence-corrected chi connectivity index (χ2v) is 5.78. The van der Waals surface area contributed by atoms with E-state index in [9.17, 15) is 4.39 Å². The van der Waals surface area contributed by atoms with Gasteiger partial charge < -0.3 is 4.42 Å². The molecule has 1 heterocycles. The second kappa shape index (κ2) is 6.37. The molecule has 0 radical (unpaired) electrons. The lowest BCUT2D eigenvalue weighted by atomic mass is 10.00. The van der Waals surface area contributed by atoms with Crippen LogP contribution in [-0.4, -0.2) is 0 Å². The van der Waals surface area contributed by atoms with Gasteiger partial charge in [-0.2, -0.15) is 0 Å². The molecule has 0 saturated carbocycles. The number of aryl methyl sites for hydroxylation is 1. The normalized spacial score (nSPS) is 13.3. The standard InChI is InChI=1S/C16H23FN2O/c1-10(2)5-4-6-14(19-18)16-11(3)13-9-12(17)7-8-15(13)20-16/h7-10,14,19H,4-6,18H2,1-3H3. The average molecular weight is 278 g/mol. The van der Waals surface area contributed by atoms with Crippen molar-refractivity contribution in [3.8, 4) is 0 Å². The SMILES string of the molecule is Cc1c(C(CCCC(C)C)NN)oc2ccc(F)cc12. The van der Waals surface area contributed by atoms with Crippen molar-refractivity contribution in [1.29, 1.82) is 0 Å². The Balaban J connectivity index is 2.23. The molecule has 1 atom stereocenters. The molecule has 0 spiro atoms. The third-order valence-electron chi connectivity index (χ3n) is 3.73. The first-order valence-electron chi connectivity index (χ1n) is 7.17. The van der Waals surface area contributed by atoms with Crippen LogP contribution < -0.4 is 11.3 Å². The highest BCUT2D eigenvalue weighted by Gasteiger charge is 2.19. The third kappa shape index (κ3) is 3.19. The average Bonchev–Trinajstić information content (AvgIpc) is 2.72. The maximum Gasteiger partial charge on any atom is 0.134 e. The minimum Gasteiger partial charge on any atom is -0.459 e. The molecule has 0 aliphatic rings. The molecule has 1 aromatic heterocycles. The third-order valence-corrected chi connectivity index (χ3v) is 3.73. The van der Waals surface area contributed by atoms with Gasteiger partial charge in [0.2, 0.25) is 0 Å². The number of hydrazine groups is 1. The second-order valence-electron chi connectivity index (χ2n) is 5.78. The lowest BCUT2D eigenvalue weighted by molar-refractivity contribution is 0.391. The van der Waals surface area contributed by atoms with E-state index in [2.05, 4.69) is 19.3 Å².